The summed E-state index contributed by atoms with van der Waals surface area (Å²) in [6.45, 7) is 13.8. The van der Waals surface area contributed by atoms with Gasteiger partial charge in [0.1, 0.15) is 17.2 Å². The van der Waals surface area contributed by atoms with Crippen molar-refractivity contribution >= 4 is 17.9 Å². The van der Waals surface area contributed by atoms with E-state index < -0.39 is 17.9 Å². The minimum absolute atomic E-state index is 0.301. The molecule has 3 rings (SSSR count). The Morgan fingerprint density at radius 2 is 1.08 bits per heavy atom. The molecule has 188 valence electrons. The third-order valence-electron chi connectivity index (χ3n) is 5.41. The average Bonchev–Trinajstić information content (AvgIpc) is 2.89. The van der Waals surface area contributed by atoms with Gasteiger partial charge in [0.05, 0.1) is 0 Å². The van der Waals surface area contributed by atoms with Crippen LogP contribution >= 0.6 is 0 Å². The van der Waals surface area contributed by atoms with Gasteiger partial charge in [-0.15, -0.1) is 0 Å². The molecule has 0 unspecified atom stereocenters. The summed E-state index contributed by atoms with van der Waals surface area (Å²) in [6.07, 6.45) is 1.68. The number of hydrogen-bond acceptors (Lipinski definition) is 6. The molecule has 37 heavy (non-hydrogen) atoms. The lowest BCUT2D eigenvalue weighted by Crippen LogP contribution is -2.10. The van der Waals surface area contributed by atoms with Gasteiger partial charge < -0.3 is 14.2 Å². The van der Waals surface area contributed by atoms with E-state index in [9.17, 15) is 14.4 Å². The molecule has 0 saturated carbocycles. The van der Waals surface area contributed by atoms with E-state index in [1.165, 1.54) is 0 Å². The Morgan fingerprint density at radius 3 is 1.54 bits per heavy atom. The SMILES string of the molecule is C=C(C)C(=O)Oc1ccc(-c2ccc(-c3ccc(OC(=O)C(=C)C)cc3)c(OC(=O)/C(C)=C\C)c2)cc1. The summed E-state index contributed by atoms with van der Waals surface area (Å²) in [5.41, 5.74) is 4.18. The van der Waals surface area contributed by atoms with E-state index in [1.54, 1.807) is 76.2 Å². The Morgan fingerprint density at radius 1 is 0.622 bits per heavy atom. The third-order valence-corrected chi connectivity index (χ3v) is 5.41. The molecule has 0 amide bonds. The first-order valence-electron chi connectivity index (χ1n) is 11.5. The van der Waals surface area contributed by atoms with E-state index in [0.29, 0.717) is 39.5 Å². The molecule has 0 bridgehead atoms. The smallest absolute Gasteiger partial charge is 0.338 e. The van der Waals surface area contributed by atoms with Gasteiger partial charge in [0.2, 0.25) is 0 Å². The number of benzene rings is 3. The van der Waals surface area contributed by atoms with Crippen molar-refractivity contribution in [2.75, 3.05) is 0 Å². The number of hydrogen-bond donors (Lipinski definition) is 0. The van der Waals surface area contributed by atoms with Crippen LogP contribution in [0.3, 0.4) is 0 Å². The standard InChI is InChI=1S/C31H28O6/c1-7-21(6)31(34)37-28-18-24(22-8-13-25(14-9-22)35-29(32)19(2)3)12-17-27(28)23-10-15-26(16-11-23)36-30(33)20(4)5/h7-18H,2,4H2,1,3,5-6H3/b21-7-. The fraction of sp³-hybridized carbons (Fsp3) is 0.129. The largest absolute Gasteiger partial charge is 0.423 e. The van der Waals surface area contributed by atoms with E-state index in [-0.39, 0.29) is 0 Å². The van der Waals surface area contributed by atoms with Crippen LogP contribution in [0.4, 0.5) is 0 Å². The van der Waals surface area contributed by atoms with Crippen LogP contribution in [0.5, 0.6) is 17.2 Å². The summed E-state index contributed by atoms with van der Waals surface area (Å²) in [6, 6.07) is 19.4. The van der Waals surface area contributed by atoms with Crippen LogP contribution in [0.25, 0.3) is 22.3 Å². The molecular weight excluding hydrogens is 468 g/mol. The molecule has 6 nitrogen and oxygen atoms in total. The van der Waals surface area contributed by atoms with Gasteiger partial charge in [-0.1, -0.05) is 55.6 Å². The average molecular weight is 497 g/mol. The zero-order valence-electron chi connectivity index (χ0n) is 21.3. The first-order valence-corrected chi connectivity index (χ1v) is 11.5. The van der Waals surface area contributed by atoms with Crippen molar-refractivity contribution in [3.63, 3.8) is 0 Å². The normalized spacial score (nSPS) is 10.9. The highest BCUT2D eigenvalue weighted by atomic mass is 16.5. The van der Waals surface area contributed by atoms with Crippen LogP contribution in [-0.4, -0.2) is 17.9 Å². The summed E-state index contributed by atoms with van der Waals surface area (Å²) in [5.74, 6) is -0.316. The molecule has 0 atom stereocenters. The number of rotatable bonds is 8. The van der Waals surface area contributed by atoms with Crippen molar-refractivity contribution in [3.05, 3.63) is 103 Å². The molecule has 0 saturated heterocycles. The molecule has 0 aliphatic rings. The molecule has 3 aromatic carbocycles. The zero-order valence-corrected chi connectivity index (χ0v) is 21.3. The first kappa shape index (κ1) is 26.9. The molecule has 0 heterocycles. The van der Waals surface area contributed by atoms with Crippen molar-refractivity contribution in [3.8, 4) is 39.5 Å². The molecule has 0 aliphatic heterocycles. The molecular formula is C31H28O6. The van der Waals surface area contributed by atoms with Gasteiger partial charge in [-0.3, -0.25) is 0 Å². The molecule has 0 radical (unpaired) electrons. The second-order valence-corrected chi connectivity index (χ2v) is 8.46. The number of allylic oxidation sites excluding steroid dienone is 1. The van der Waals surface area contributed by atoms with Crippen LogP contribution in [0.1, 0.15) is 27.7 Å². The van der Waals surface area contributed by atoms with Crippen molar-refractivity contribution < 1.29 is 28.6 Å². The summed E-state index contributed by atoms with van der Waals surface area (Å²) in [5, 5.41) is 0. The van der Waals surface area contributed by atoms with Gasteiger partial charge in [0.25, 0.3) is 0 Å². The van der Waals surface area contributed by atoms with Gasteiger partial charge >= 0.3 is 17.9 Å². The highest BCUT2D eigenvalue weighted by Gasteiger charge is 2.15. The lowest BCUT2D eigenvalue weighted by atomic mass is 9.99. The summed E-state index contributed by atoms with van der Waals surface area (Å²) in [7, 11) is 0. The van der Waals surface area contributed by atoms with Crippen molar-refractivity contribution in [1.82, 2.24) is 0 Å². The maximum Gasteiger partial charge on any atom is 0.338 e. The van der Waals surface area contributed by atoms with Crippen LogP contribution in [0, 0.1) is 0 Å². The molecule has 0 fully saturated rings. The van der Waals surface area contributed by atoms with Gasteiger partial charge in [-0.2, -0.15) is 0 Å². The number of carbonyl (C=O) groups is 3. The lowest BCUT2D eigenvalue weighted by molar-refractivity contribution is -0.131. The predicted octanol–water partition coefficient (Wildman–Crippen LogP) is 6.86. The quantitative estimate of drug-likeness (QED) is 0.193. The Bertz CT molecular complexity index is 1390. The summed E-state index contributed by atoms with van der Waals surface area (Å²) < 4.78 is 16.3. The minimum atomic E-state index is -0.506. The fourth-order valence-electron chi connectivity index (χ4n) is 3.13. The number of carbonyl (C=O) groups excluding carboxylic acids is 3. The molecule has 0 N–H and O–H groups in total. The van der Waals surface area contributed by atoms with E-state index in [4.69, 9.17) is 14.2 Å². The van der Waals surface area contributed by atoms with E-state index in [2.05, 4.69) is 13.2 Å². The minimum Gasteiger partial charge on any atom is -0.423 e. The first-order chi connectivity index (χ1) is 17.6. The topological polar surface area (TPSA) is 78.9 Å². The van der Waals surface area contributed by atoms with E-state index in [0.717, 1.165) is 16.7 Å². The summed E-state index contributed by atoms with van der Waals surface area (Å²) >= 11 is 0. The zero-order chi connectivity index (χ0) is 27.1. The van der Waals surface area contributed by atoms with Crippen molar-refractivity contribution in [2.45, 2.75) is 27.7 Å². The molecule has 3 aromatic rings. The number of esters is 3. The van der Waals surface area contributed by atoms with Crippen LogP contribution in [0.15, 0.2) is 103 Å². The maximum atomic E-state index is 12.6. The second-order valence-electron chi connectivity index (χ2n) is 8.46. The monoisotopic (exact) mass is 496 g/mol. The Kier molecular flexibility index (Phi) is 8.59. The highest BCUT2D eigenvalue weighted by Crippen LogP contribution is 2.36. The predicted molar refractivity (Wildman–Crippen MR) is 143 cm³/mol. The lowest BCUT2D eigenvalue weighted by Gasteiger charge is -2.14. The highest BCUT2D eigenvalue weighted by molar-refractivity contribution is 5.92. The second kappa shape index (κ2) is 11.8. The van der Waals surface area contributed by atoms with E-state index >= 15 is 0 Å². The number of ether oxygens (including phenoxy) is 3. The molecule has 0 spiro atoms. The van der Waals surface area contributed by atoms with Crippen molar-refractivity contribution in [1.29, 1.82) is 0 Å². The van der Waals surface area contributed by atoms with Gasteiger partial charge in [0.15, 0.2) is 0 Å². The molecule has 0 aliphatic carbocycles. The Balaban J connectivity index is 1.95. The van der Waals surface area contributed by atoms with Gasteiger partial charge in [-0.25, -0.2) is 14.4 Å². The van der Waals surface area contributed by atoms with Crippen LogP contribution < -0.4 is 14.2 Å². The summed E-state index contributed by atoms with van der Waals surface area (Å²) in [4.78, 5) is 36.2. The maximum absolute atomic E-state index is 12.6. The van der Waals surface area contributed by atoms with Gasteiger partial charge in [-0.05, 0) is 74.7 Å². The molecule has 6 heteroatoms. The van der Waals surface area contributed by atoms with Gasteiger partial charge in [0, 0.05) is 22.3 Å². The Hall–Kier alpha value is -4.71. The van der Waals surface area contributed by atoms with Crippen molar-refractivity contribution in [2.24, 2.45) is 0 Å². The third kappa shape index (κ3) is 6.92. The molecule has 0 aromatic heterocycles. The van der Waals surface area contributed by atoms with Crippen LogP contribution in [0.2, 0.25) is 0 Å². The Labute approximate surface area is 216 Å². The fourth-order valence-corrected chi connectivity index (χ4v) is 3.13. The van der Waals surface area contributed by atoms with E-state index in [1.807, 2.05) is 24.3 Å². The van der Waals surface area contributed by atoms with Crippen LogP contribution in [-0.2, 0) is 14.4 Å².